The van der Waals surface area contributed by atoms with Gasteiger partial charge in [0.15, 0.2) is 0 Å². The van der Waals surface area contributed by atoms with Crippen LogP contribution in [0.1, 0.15) is 104 Å². The number of hydrogen-bond acceptors (Lipinski definition) is 4. The molecule has 1 amide bonds. The zero-order chi connectivity index (χ0) is 23.9. The Bertz CT molecular complexity index is 516. The number of carbonyl (C=O) groups excluding carboxylic acids is 1. The number of aliphatic hydroxyl groups excluding tert-OH is 3. The van der Waals surface area contributed by atoms with Crippen molar-refractivity contribution in [3.05, 3.63) is 36.5 Å². The average molecular weight is 452 g/mol. The van der Waals surface area contributed by atoms with Crippen LogP contribution in [0.4, 0.5) is 0 Å². The van der Waals surface area contributed by atoms with E-state index in [1.807, 2.05) is 19.1 Å². The molecular weight excluding hydrogens is 402 g/mol. The van der Waals surface area contributed by atoms with Crippen LogP contribution in [-0.2, 0) is 4.79 Å². The molecule has 5 nitrogen and oxygen atoms in total. The molecule has 0 fully saturated rings. The minimum absolute atomic E-state index is 0.382. The zero-order valence-electron chi connectivity index (χ0n) is 20.6. The van der Waals surface area contributed by atoms with Crippen LogP contribution in [0.15, 0.2) is 36.5 Å². The molecule has 0 heterocycles. The molecule has 0 aromatic heterocycles. The molecule has 3 atom stereocenters. The van der Waals surface area contributed by atoms with E-state index in [1.165, 1.54) is 38.5 Å². The first-order valence-electron chi connectivity index (χ1n) is 12.8. The minimum Gasteiger partial charge on any atom is -0.394 e. The molecular formula is C27H49NO4. The van der Waals surface area contributed by atoms with E-state index in [4.69, 9.17) is 0 Å². The second-order valence-electron chi connectivity index (χ2n) is 8.54. The Morgan fingerprint density at radius 3 is 1.91 bits per heavy atom. The molecule has 4 N–H and O–H groups in total. The fourth-order valence-electron chi connectivity index (χ4n) is 3.45. The molecule has 0 aliphatic heterocycles. The third-order valence-corrected chi connectivity index (χ3v) is 5.56. The Balaban J connectivity index is 4.00. The first kappa shape index (κ1) is 30.6. The van der Waals surface area contributed by atoms with Crippen LogP contribution in [0.3, 0.4) is 0 Å². The van der Waals surface area contributed by atoms with Crippen LogP contribution >= 0.6 is 0 Å². The van der Waals surface area contributed by atoms with Crippen molar-refractivity contribution >= 4 is 5.91 Å². The molecule has 0 aromatic rings. The van der Waals surface area contributed by atoms with Gasteiger partial charge in [0.2, 0.25) is 5.91 Å². The summed E-state index contributed by atoms with van der Waals surface area (Å²) >= 11 is 0. The van der Waals surface area contributed by atoms with Gasteiger partial charge >= 0.3 is 0 Å². The lowest BCUT2D eigenvalue weighted by Gasteiger charge is -2.21. The van der Waals surface area contributed by atoms with E-state index in [0.717, 1.165) is 44.9 Å². The van der Waals surface area contributed by atoms with E-state index < -0.39 is 24.2 Å². The fourth-order valence-corrected chi connectivity index (χ4v) is 3.45. The SMILES string of the molecule is C/C=C/CC/C=C/CC/C=C/C(O)C(CO)NC(=O)C(O)CCCCCCCCCCC. The third-order valence-electron chi connectivity index (χ3n) is 5.56. The highest BCUT2D eigenvalue weighted by molar-refractivity contribution is 5.80. The lowest BCUT2D eigenvalue weighted by molar-refractivity contribution is -0.131. The first-order valence-corrected chi connectivity index (χ1v) is 12.8. The summed E-state index contributed by atoms with van der Waals surface area (Å²) in [5.41, 5.74) is 0. The largest absolute Gasteiger partial charge is 0.394 e. The van der Waals surface area contributed by atoms with Crippen molar-refractivity contribution < 1.29 is 20.1 Å². The van der Waals surface area contributed by atoms with Gasteiger partial charge in [-0.1, -0.05) is 101 Å². The second kappa shape index (κ2) is 22.8. The lowest BCUT2D eigenvalue weighted by atomic mass is 10.0. The van der Waals surface area contributed by atoms with E-state index in [2.05, 4.69) is 30.5 Å². The molecule has 3 unspecified atom stereocenters. The van der Waals surface area contributed by atoms with Gasteiger partial charge in [-0.15, -0.1) is 0 Å². The third kappa shape index (κ3) is 18.2. The van der Waals surface area contributed by atoms with E-state index in [-0.39, 0.29) is 6.61 Å². The van der Waals surface area contributed by atoms with Crippen molar-refractivity contribution in [2.75, 3.05) is 6.61 Å². The number of amides is 1. The van der Waals surface area contributed by atoms with Crippen molar-refractivity contribution in [3.8, 4) is 0 Å². The predicted molar refractivity (Wildman–Crippen MR) is 134 cm³/mol. The van der Waals surface area contributed by atoms with Gasteiger partial charge in [-0.25, -0.2) is 0 Å². The van der Waals surface area contributed by atoms with Gasteiger partial charge < -0.3 is 20.6 Å². The summed E-state index contributed by atoms with van der Waals surface area (Å²) in [7, 11) is 0. The first-order chi connectivity index (χ1) is 15.6. The van der Waals surface area contributed by atoms with Crippen LogP contribution in [0.25, 0.3) is 0 Å². The quantitative estimate of drug-likeness (QED) is 0.140. The number of rotatable bonds is 21. The summed E-state index contributed by atoms with van der Waals surface area (Å²) in [6.07, 6.45) is 24.6. The number of allylic oxidation sites excluding steroid dienone is 5. The number of hydrogen-bond donors (Lipinski definition) is 4. The molecule has 0 saturated heterocycles. The highest BCUT2D eigenvalue weighted by Crippen LogP contribution is 2.12. The monoisotopic (exact) mass is 451 g/mol. The van der Waals surface area contributed by atoms with Crippen LogP contribution in [0.2, 0.25) is 0 Å². The molecule has 0 aliphatic rings. The maximum absolute atomic E-state index is 12.2. The number of nitrogens with one attached hydrogen (secondary N) is 1. The molecule has 186 valence electrons. The Morgan fingerprint density at radius 1 is 0.812 bits per heavy atom. The highest BCUT2D eigenvalue weighted by Gasteiger charge is 2.22. The van der Waals surface area contributed by atoms with Crippen molar-refractivity contribution in [1.82, 2.24) is 5.32 Å². The fraction of sp³-hybridized carbons (Fsp3) is 0.741. The Labute approximate surface area is 196 Å². The maximum Gasteiger partial charge on any atom is 0.249 e. The van der Waals surface area contributed by atoms with E-state index >= 15 is 0 Å². The van der Waals surface area contributed by atoms with Gasteiger partial charge in [0.25, 0.3) is 0 Å². The number of aliphatic hydroxyl groups is 3. The minimum atomic E-state index is -1.10. The van der Waals surface area contributed by atoms with Crippen molar-refractivity contribution in [2.45, 2.75) is 122 Å². The van der Waals surface area contributed by atoms with Crippen molar-refractivity contribution in [1.29, 1.82) is 0 Å². The summed E-state index contributed by atoms with van der Waals surface area (Å²) in [4.78, 5) is 12.2. The van der Waals surface area contributed by atoms with Gasteiger partial charge in [0.05, 0.1) is 18.8 Å². The molecule has 0 aliphatic carbocycles. The summed E-state index contributed by atoms with van der Waals surface area (Å²) in [6.45, 7) is 3.85. The van der Waals surface area contributed by atoms with E-state index in [0.29, 0.717) is 6.42 Å². The van der Waals surface area contributed by atoms with E-state index in [1.54, 1.807) is 6.08 Å². The van der Waals surface area contributed by atoms with Crippen molar-refractivity contribution in [3.63, 3.8) is 0 Å². The zero-order valence-corrected chi connectivity index (χ0v) is 20.6. The van der Waals surface area contributed by atoms with Gasteiger partial charge in [-0.05, 0) is 39.0 Å². The Hall–Kier alpha value is -1.43. The number of carbonyl (C=O) groups is 1. The molecule has 0 spiro atoms. The van der Waals surface area contributed by atoms with Crippen LogP contribution in [-0.4, -0.2) is 46.1 Å². The van der Waals surface area contributed by atoms with Gasteiger partial charge in [0, 0.05) is 0 Å². The molecule has 0 radical (unpaired) electrons. The standard InChI is InChI=1S/C27H49NO4/c1-3-5-7-9-11-13-15-17-19-21-25(30)24(23-29)28-27(32)26(31)22-20-18-16-14-12-10-8-6-4-2/h3,5,11,13,19,21,24-26,29-31H,4,6-10,12,14-18,20,22-23H2,1-2H3,(H,28,32)/b5-3+,13-11+,21-19+. The van der Waals surface area contributed by atoms with E-state index in [9.17, 15) is 20.1 Å². The maximum atomic E-state index is 12.2. The van der Waals surface area contributed by atoms with Crippen LogP contribution in [0, 0.1) is 0 Å². The Morgan fingerprint density at radius 2 is 1.34 bits per heavy atom. The summed E-state index contributed by atoms with van der Waals surface area (Å²) in [5, 5.41) is 32.4. The van der Waals surface area contributed by atoms with Gasteiger partial charge in [0.1, 0.15) is 6.10 Å². The van der Waals surface area contributed by atoms with Crippen molar-refractivity contribution in [2.24, 2.45) is 0 Å². The highest BCUT2D eigenvalue weighted by atomic mass is 16.3. The normalized spacial score (nSPS) is 15.0. The second-order valence-corrected chi connectivity index (χ2v) is 8.54. The van der Waals surface area contributed by atoms with Gasteiger partial charge in [-0.2, -0.15) is 0 Å². The average Bonchev–Trinajstić information content (AvgIpc) is 2.79. The molecule has 32 heavy (non-hydrogen) atoms. The molecule has 0 rings (SSSR count). The van der Waals surface area contributed by atoms with Crippen LogP contribution < -0.4 is 5.32 Å². The number of unbranched alkanes of at least 4 members (excludes halogenated alkanes) is 10. The molecule has 0 saturated carbocycles. The van der Waals surface area contributed by atoms with Gasteiger partial charge in [-0.3, -0.25) is 4.79 Å². The summed E-state index contributed by atoms with van der Waals surface area (Å²) in [6, 6.07) is -0.812. The predicted octanol–water partition coefficient (Wildman–Crippen LogP) is 5.36. The Kier molecular flexibility index (Phi) is 21.7. The molecule has 5 heteroatoms. The van der Waals surface area contributed by atoms with Crippen LogP contribution in [0.5, 0.6) is 0 Å². The lowest BCUT2D eigenvalue weighted by Crippen LogP contribution is -2.48. The topological polar surface area (TPSA) is 89.8 Å². The summed E-state index contributed by atoms with van der Waals surface area (Å²) < 4.78 is 0. The summed E-state index contributed by atoms with van der Waals surface area (Å²) in [5.74, 6) is -0.528. The molecule has 0 bridgehead atoms. The smallest absolute Gasteiger partial charge is 0.249 e. The molecule has 0 aromatic carbocycles.